The number of aromatic nitrogens is 2. The maximum absolute atomic E-state index is 12.5. The van der Waals surface area contributed by atoms with E-state index in [0.29, 0.717) is 62.1 Å². The Kier molecular flexibility index (Phi) is 6.28. The van der Waals surface area contributed by atoms with Gasteiger partial charge in [0.15, 0.2) is 5.82 Å². The summed E-state index contributed by atoms with van der Waals surface area (Å²) in [7, 11) is 1.80. The molecule has 3 heterocycles. The van der Waals surface area contributed by atoms with Crippen LogP contribution in [0.1, 0.15) is 46.4 Å². The van der Waals surface area contributed by atoms with Crippen molar-refractivity contribution in [2.75, 3.05) is 39.9 Å². The van der Waals surface area contributed by atoms with Crippen molar-refractivity contribution >= 4 is 11.8 Å². The highest BCUT2D eigenvalue weighted by atomic mass is 16.5. The summed E-state index contributed by atoms with van der Waals surface area (Å²) < 4.78 is 10.7. The van der Waals surface area contributed by atoms with Gasteiger partial charge in [0.2, 0.25) is 11.8 Å². The fraction of sp³-hybridized carbons (Fsp3) is 0.500. The first-order chi connectivity index (χ1) is 15.0. The van der Waals surface area contributed by atoms with Crippen LogP contribution in [0.15, 0.2) is 28.8 Å². The summed E-state index contributed by atoms with van der Waals surface area (Å²) in [5.74, 6) is 1.21. The van der Waals surface area contributed by atoms with Gasteiger partial charge in [-0.05, 0) is 37.1 Å². The molecular weight excluding hydrogens is 398 g/mol. The van der Waals surface area contributed by atoms with Crippen LogP contribution in [0.25, 0.3) is 0 Å². The molecule has 2 saturated heterocycles. The SMILES string of the molecule is CN(CCc1noc(C2CN(C(=O)c3ccc(C#N)cc3)C2)n1)C(=O)C1CCOCC1. The van der Waals surface area contributed by atoms with E-state index in [4.69, 9.17) is 14.5 Å². The molecule has 4 rings (SSSR count). The standard InChI is InChI=1S/C22H25N5O4/c1-26(21(28)17-7-10-30-11-8-17)9-6-19-24-20(31-25-19)18-13-27(14-18)22(29)16-4-2-15(12-23)3-5-16/h2-5,17-18H,6-11,13-14H2,1H3. The van der Waals surface area contributed by atoms with Gasteiger partial charge in [-0.3, -0.25) is 9.59 Å². The third kappa shape index (κ3) is 4.75. The van der Waals surface area contributed by atoms with Crippen LogP contribution in [0.2, 0.25) is 0 Å². The van der Waals surface area contributed by atoms with Crippen LogP contribution in [0.4, 0.5) is 0 Å². The Balaban J connectivity index is 1.24. The molecule has 1 aromatic carbocycles. The van der Waals surface area contributed by atoms with Gasteiger partial charge in [-0.15, -0.1) is 0 Å². The van der Waals surface area contributed by atoms with Crippen LogP contribution >= 0.6 is 0 Å². The maximum Gasteiger partial charge on any atom is 0.253 e. The van der Waals surface area contributed by atoms with Crippen molar-refractivity contribution in [1.29, 1.82) is 5.26 Å². The average Bonchev–Trinajstić information content (AvgIpc) is 3.25. The van der Waals surface area contributed by atoms with Crippen LogP contribution in [0.5, 0.6) is 0 Å². The maximum atomic E-state index is 12.5. The van der Waals surface area contributed by atoms with Gasteiger partial charge in [-0.2, -0.15) is 10.2 Å². The fourth-order valence-corrected chi connectivity index (χ4v) is 3.84. The van der Waals surface area contributed by atoms with Gasteiger partial charge in [0, 0.05) is 57.8 Å². The molecule has 0 spiro atoms. The number of nitriles is 1. The number of amides is 2. The van der Waals surface area contributed by atoms with E-state index in [-0.39, 0.29) is 23.7 Å². The van der Waals surface area contributed by atoms with Gasteiger partial charge in [0.25, 0.3) is 5.91 Å². The quantitative estimate of drug-likeness (QED) is 0.694. The number of hydrogen-bond donors (Lipinski definition) is 0. The molecule has 9 heteroatoms. The Morgan fingerprint density at radius 3 is 2.61 bits per heavy atom. The highest BCUT2D eigenvalue weighted by Crippen LogP contribution is 2.27. The van der Waals surface area contributed by atoms with Crippen LogP contribution in [0, 0.1) is 17.2 Å². The summed E-state index contributed by atoms with van der Waals surface area (Å²) in [5, 5.41) is 12.9. The number of hydrogen-bond acceptors (Lipinski definition) is 7. The summed E-state index contributed by atoms with van der Waals surface area (Å²) in [6.45, 7) is 2.85. The largest absolute Gasteiger partial charge is 0.381 e. The first kappa shape index (κ1) is 21.0. The number of likely N-dealkylation sites (tertiary alicyclic amines) is 1. The van der Waals surface area contributed by atoms with Gasteiger partial charge in [-0.25, -0.2) is 0 Å². The van der Waals surface area contributed by atoms with Crippen molar-refractivity contribution in [2.24, 2.45) is 5.92 Å². The molecule has 0 radical (unpaired) electrons. The molecule has 0 unspecified atom stereocenters. The lowest BCUT2D eigenvalue weighted by Crippen LogP contribution is -2.48. The Bertz CT molecular complexity index is 969. The third-order valence-electron chi connectivity index (χ3n) is 5.88. The van der Waals surface area contributed by atoms with E-state index in [1.807, 2.05) is 6.07 Å². The van der Waals surface area contributed by atoms with Gasteiger partial charge >= 0.3 is 0 Å². The molecule has 0 bridgehead atoms. The Morgan fingerprint density at radius 2 is 1.94 bits per heavy atom. The van der Waals surface area contributed by atoms with Crippen molar-refractivity contribution in [1.82, 2.24) is 19.9 Å². The van der Waals surface area contributed by atoms with Crippen molar-refractivity contribution in [2.45, 2.75) is 25.2 Å². The number of nitrogens with zero attached hydrogens (tertiary/aromatic N) is 5. The molecule has 31 heavy (non-hydrogen) atoms. The molecule has 0 N–H and O–H groups in total. The Labute approximate surface area is 180 Å². The second-order valence-electron chi connectivity index (χ2n) is 8.04. The molecule has 1 aromatic heterocycles. The predicted molar refractivity (Wildman–Crippen MR) is 109 cm³/mol. The second-order valence-corrected chi connectivity index (χ2v) is 8.04. The molecule has 2 amide bonds. The highest BCUT2D eigenvalue weighted by Gasteiger charge is 2.36. The van der Waals surface area contributed by atoms with E-state index in [2.05, 4.69) is 10.1 Å². The first-order valence-electron chi connectivity index (χ1n) is 10.5. The van der Waals surface area contributed by atoms with Crippen LogP contribution in [0.3, 0.4) is 0 Å². The summed E-state index contributed by atoms with van der Waals surface area (Å²) in [4.78, 5) is 32.9. The third-order valence-corrected chi connectivity index (χ3v) is 5.88. The topological polar surface area (TPSA) is 113 Å². The molecule has 0 saturated carbocycles. The molecule has 2 aliphatic rings. The number of rotatable bonds is 6. The second kappa shape index (κ2) is 9.27. The molecule has 9 nitrogen and oxygen atoms in total. The van der Waals surface area contributed by atoms with E-state index in [0.717, 1.165) is 12.8 Å². The fourth-order valence-electron chi connectivity index (χ4n) is 3.84. The molecule has 0 aliphatic carbocycles. The van der Waals surface area contributed by atoms with E-state index >= 15 is 0 Å². The lowest BCUT2D eigenvalue weighted by molar-refractivity contribution is -0.137. The van der Waals surface area contributed by atoms with E-state index in [9.17, 15) is 9.59 Å². The van der Waals surface area contributed by atoms with Gasteiger partial charge < -0.3 is 19.1 Å². The molecular formula is C22H25N5O4. The normalized spacial score (nSPS) is 17.1. The zero-order valence-corrected chi connectivity index (χ0v) is 17.5. The summed E-state index contributed by atoms with van der Waals surface area (Å²) >= 11 is 0. The van der Waals surface area contributed by atoms with Gasteiger partial charge in [-0.1, -0.05) is 5.16 Å². The zero-order valence-electron chi connectivity index (χ0n) is 17.5. The minimum Gasteiger partial charge on any atom is -0.381 e. The molecule has 0 atom stereocenters. The summed E-state index contributed by atoms with van der Waals surface area (Å²) in [6.07, 6.45) is 2.07. The highest BCUT2D eigenvalue weighted by molar-refractivity contribution is 5.95. The lowest BCUT2D eigenvalue weighted by atomic mass is 9.98. The van der Waals surface area contributed by atoms with Crippen molar-refractivity contribution in [3.05, 3.63) is 47.1 Å². The van der Waals surface area contributed by atoms with Crippen molar-refractivity contribution < 1.29 is 18.8 Å². The van der Waals surface area contributed by atoms with Gasteiger partial charge in [0.1, 0.15) is 0 Å². The predicted octanol–water partition coefficient (Wildman–Crippen LogP) is 1.61. The lowest BCUT2D eigenvalue weighted by Gasteiger charge is -2.37. The van der Waals surface area contributed by atoms with Crippen molar-refractivity contribution in [3.8, 4) is 6.07 Å². The van der Waals surface area contributed by atoms with E-state index in [1.54, 1.807) is 41.1 Å². The Morgan fingerprint density at radius 1 is 1.23 bits per heavy atom. The number of ether oxygens (including phenoxy) is 1. The van der Waals surface area contributed by atoms with E-state index < -0.39 is 0 Å². The van der Waals surface area contributed by atoms with E-state index in [1.165, 1.54) is 0 Å². The van der Waals surface area contributed by atoms with Crippen LogP contribution < -0.4 is 0 Å². The molecule has 162 valence electrons. The number of likely N-dealkylation sites (N-methyl/N-ethyl adjacent to an activating group) is 1. The Hall–Kier alpha value is -3.25. The smallest absolute Gasteiger partial charge is 0.253 e. The minimum atomic E-state index is -0.0753. The molecule has 2 aromatic rings. The minimum absolute atomic E-state index is 0.0187. The number of carbonyl (C=O) groups excluding carboxylic acids is 2. The van der Waals surface area contributed by atoms with Crippen LogP contribution in [-0.2, 0) is 16.0 Å². The van der Waals surface area contributed by atoms with Crippen LogP contribution in [-0.4, -0.2) is 71.7 Å². The first-order valence-corrected chi connectivity index (χ1v) is 10.5. The van der Waals surface area contributed by atoms with Crippen molar-refractivity contribution in [3.63, 3.8) is 0 Å². The summed E-state index contributed by atoms with van der Waals surface area (Å²) in [6, 6.07) is 8.64. The zero-order chi connectivity index (χ0) is 21.8. The van der Waals surface area contributed by atoms with Gasteiger partial charge in [0.05, 0.1) is 17.6 Å². The molecule has 2 aliphatic heterocycles. The average molecular weight is 423 g/mol. The number of carbonyl (C=O) groups is 2. The summed E-state index contributed by atoms with van der Waals surface area (Å²) in [5.41, 5.74) is 1.08. The number of benzene rings is 1. The monoisotopic (exact) mass is 423 g/mol. The molecule has 2 fully saturated rings.